The van der Waals surface area contributed by atoms with Gasteiger partial charge in [0.15, 0.2) is 0 Å². The number of nitrogens with zero attached hydrogens (tertiary/aromatic N) is 1. The number of rotatable bonds is 10. The van der Waals surface area contributed by atoms with Crippen LogP contribution in [0.1, 0.15) is 16.7 Å². The van der Waals surface area contributed by atoms with Crippen LogP contribution in [0.3, 0.4) is 0 Å². The molecule has 0 aliphatic heterocycles. The number of ether oxygens (including phenoxy) is 1. The highest BCUT2D eigenvalue weighted by molar-refractivity contribution is 5.67. The Morgan fingerprint density at radius 3 is 2.20 bits per heavy atom. The van der Waals surface area contributed by atoms with E-state index in [1.807, 2.05) is 72.8 Å². The average Bonchev–Trinajstić information content (AvgIpc) is 2.79. The van der Waals surface area contributed by atoms with E-state index in [-0.39, 0.29) is 6.61 Å². The molecule has 0 aliphatic carbocycles. The van der Waals surface area contributed by atoms with Gasteiger partial charge in [-0.25, -0.2) is 4.79 Å². The SMILES string of the molecule is O=C(N[C@@H](Cc1ccccc1)[C@H](O)CNCc1ccncc1)OCc1ccccc1. The first kappa shape index (κ1) is 21.5. The Kier molecular flexibility index (Phi) is 8.38. The molecule has 6 nitrogen and oxygen atoms in total. The second kappa shape index (κ2) is 11.7. The number of aromatic nitrogens is 1. The van der Waals surface area contributed by atoms with Gasteiger partial charge in [-0.1, -0.05) is 60.7 Å². The van der Waals surface area contributed by atoms with Crippen molar-refractivity contribution in [2.75, 3.05) is 6.54 Å². The van der Waals surface area contributed by atoms with E-state index >= 15 is 0 Å². The monoisotopic (exact) mass is 405 g/mol. The largest absolute Gasteiger partial charge is 0.445 e. The van der Waals surface area contributed by atoms with Crippen LogP contribution in [0.2, 0.25) is 0 Å². The number of alkyl carbamates (subject to hydrolysis) is 1. The molecule has 0 saturated heterocycles. The molecular weight excluding hydrogens is 378 g/mol. The van der Waals surface area contributed by atoms with Gasteiger partial charge in [0.2, 0.25) is 0 Å². The molecule has 0 aliphatic rings. The summed E-state index contributed by atoms with van der Waals surface area (Å²) >= 11 is 0. The van der Waals surface area contributed by atoms with Crippen molar-refractivity contribution in [3.05, 3.63) is 102 Å². The maximum atomic E-state index is 12.3. The van der Waals surface area contributed by atoms with Gasteiger partial charge in [0.1, 0.15) is 6.61 Å². The van der Waals surface area contributed by atoms with Crippen LogP contribution < -0.4 is 10.6 Å². The minimum Gasteiger partial charge on any atom is -0.445 e. The number of hydrogen-bond acceptors (Lipinski definition) is 5. The van der Waals surface area contributed by atoms with Gasteiger partial charge in [-0.05, 0) is 35.2 Å². The zero-order valence-corrected chi connectivity index (χ0v) is 16.8. The zero-order chi connectivity index (χ0) is 21.0. The number of pyridine rings is 1. The Labute approximate surface area is 176 Å². The summed E-state index contributed by atoms with van der Waals surface area (Å²) in [5, 5.41) is 16.8. The molecule has 0 spiro atoms. The van der Waals surface area contributed by atoms with E-state index in [1.165, 1.54) is 0 Å². The number of hydrogen-bond donors (Lipinski definition) is 3. The third-order valence-electron chi connectivity index (χ3n) is 4.71. The van der Waals surface area contributed by atoms with Crippen LogP contribution in [0.25, 0.3) is 0 Å². The van der Waals surface area contributed by atoms with Crippen molar-refractivity contribution in [2.45, 2.75) is 31.7 Å². The molecule has 2 atom stereocenters. The van der Waals surface area contributed by atoms with Crippen molar-refractivity contribution in [3.8, 4) is 0 Å². The Morgan fingerprint density at radius 1 is 0.900 bits per heavy atom. The van der Waals surface area contributed by atoms with E-state index in [9.17, 15) is 9.90 Å². The van der Waals surface area contributed by atoms with Crippen molar-refractivity contribution in [1.82, 2.24) is 15.6 Å². The molecule has 3 aromatic rings. The number of benzene rings is 2. The fourth-order valence-corrected chi connectivity index (χ4v) is 3.07. The van der Waals surface area contributed by atoms with E-state index < -0.39 is 18.2 Å². The van der Waals surface area contributed by atoms with Crippen molar-refractivity contribution >= 4 is 6.09 Å². The fraction of sp³-hybridized carbons (Fsp3) is 0.250. The Hall–Kier alpha value is -3.22. The van der Waals surface area contributed by atoms with Gasteiger partial charge >= 0.3 is 6.09 Å². The maximum absolute atomic E-state index is 12.3. The molecule has 156 valence electrons. The van der Waals surface area contributed by atoms with E-state index in [0.717, 1.165) is 16.7 Å². The lowest BCUT2D eigenvalue weighted by Crippen LogP contribution is -2.48. The molecule has 0 saturated carbocycles. The molecule has 1 amide bonds. The molecule has 0 unspecified atom stereocenters. The molecule has 3 rings (SSSR count). The van der Waals surface area contributed by atoms with Gasteiger partial charge < -0.3 is 20.5 Å². The van der Waals surface area contributed by atoms with E-state index in [4.69, 9.17) is 4.74 Å². The predicted molar refractivity (Wildman–Crippen MR) is 116 cm³/mol. The highest BCUT2D eigenvalue weighted by Crippen LogP contribution is 2.08. The summed E-state index contributed by atoms with van der Waals surface area (Å²) in [6, 6.07) is 22.6. The molecule has 2 aromatic carbocycles. The van der Waals surface area contributed by atoms with Crippen LogP contribution >= 0.6 is 0 Å². The second-order valence-electron chi connectivity index (χ2n) is 7.06. The van der Waals surface area contributed by atoms with Gasteiger partial charge in [0, 0.05) is 25.5 Å². The van der Waals surface area contributed by atoms with Crippen molar-refractivity contribution < 1.29 is 14.6 Å². The lowest BCUT2D eigenvalue weighted by Gasteiger charge is -2.24. The minimum atomic E-state index is -0.781. The Morgan fingerprint density at radius 2 is 1.53 bits per heavy atom. The minimum absolute atomic E-state index is 0.182. The van der Waals surface area contributed by atoms with Gasteiger partial charge in [-0.3, -0.25) is 4.98 Å². The van der Waals surface area contributed by atoms with Gasteiger partial charge in [0.05, 0.1) is 12.1 Å². The molecule has 0 fully saturated rings. The van der Waals surface area contributed by atoms with Crippen LogP contribution in [-0.2, 0) is 24.3 Å². The van der Waals surface area contributed by atoms with Crippen LogP contribution in [0, 0.1) is 0 Å². The van der Waals surface area contributed by atoms with Gasteiger partial charge in [-0.2, -0.15) is 0 Å². The molecule has 3 N–H and O–H groups in total. The van der Waals surface area contributed by atoms with Crippen LogP contribution in [-0.4, -0.2) is 34.9 Å². The van der Waals surface area contributed by atoms with E-state index in [0.29, 0.717) is 19.5 Å². The molecule has 0 radical (unpaired) electrons. The second-order valence-corrected chi connectivity index (χ2v) is 7.06. The number of aliphatic hydroxyl groups is 1. The maximum Gasteiger partial charge on any atom is 0.407 e. The standard InChI is InChI=1S/C24H27N3O3/c28-23(17-26-16-20-11-13-25-14-12-20)22(15-19-7-3-1-4-8-19)27-24(29)30-18-21-9-5-2-6-10-21/h1-14,22-23,26,28H,15-18H2,(H,27,29)/t22-,23+/m0/s1. The van der Waals surface area contributed by atoms with Crippen molar-refractivity contribution in [1.29, 1.82) is 0 Å². The Bertz CT molecular complexity index is 876. The topological polar surface area (TPSA) is 83.5 Å². The van der Waals surface area contributed by atoms with Crippen molar-refractivity contribution in [3.63, 3.8) is 0 Å². The summed E-state index contributed by atoms with van der Waals surface area (Å²) in [6.45, 7) is 1.12. The summed E-state index contributed by atoms with van der Waals surface area (Å²) in [5.74, 6) is 0. The quantitative estimate of drug-likeness (QED) is 0.483. The fourth-order valence-electron chi connectivity index (χ4n) is 3.07. The molecular formula is C24H27N3O3. The first-order chi connectivity index (χ1) is 14.7. The van der Waals surface area contributed by atoms with Gasteiger partial charge in [-0.15, -0.1) is 0 Å². The third kappa shape index (κ3) is 7.31. The number of amides is 1. The summed E-state index contributed by atoms with van der Waals surface area (Å²) in [6.07, 6.45) is 2.63. The zero-order valence-electron chi connectivity index (χ0n) is 16.8. The summed E-state index contributed by atoms with van der Waals surface area (Å²) in [7, 11) is 0. The normalized spacial score (nSPS) is 12.7. The highest BCUT2D eigenvalue weighted by atomic mass is 16.5. The molecule has 1 aromatic heterocycles. The number of aliphatic hydroxyl groups excluding tert-OH is 1. The molecule has 30 heavy (non-hydrogen) atoms. The first-order valence-electron chi connectivity index (χ1n) is 9.99. The smallest absolute Gasteiger partial charge is 0.407 e. The van der Waals surface area contributed by atoms with E-state index in [1.54, 1.807) is 12.4 Å². The number of carbonyl (C=O) groups excluding carboxylic acids is 1. The van der Waals surface area contributed by atoms with Crippen LogP contribution in [0.4, 0.5) is 4.79 Å². The summed E-state index contributed by atoms with van der Waals surface area (Å²) < 4.78 is 5.33. The predicted octanol–water partition coefficient (Wildman–Crippen LogP) is 3.07. The van der Waals surface area contributed by atoms with Gasteiger partial charge in [0.25, 0.3) is 0 Å². The lowest BCUT2D eigenvalue weighted by molar-refractivity contribution is 0.100. The van der Waals surface area contributed by atoms with Crippen molar-refractivity contribution in [2.24, 2.45) is 0 Å². The molecule has 0 bridgehead atoms. The Balaban J connectivity index is 1.55. The van der Waals surface area contributed by atoms with E-state index in [2.05, 4.69) is 15.6 Å². The molecule has 6 heteroatoms. The highest BCUT2D eigenvalue weighted by Gasteiger charge is 2.22. The summed E-state index contributed by atoms with van der Waals surface area (Å²) in [4.78, 5) is 16.3. The van der Waals surface area contributed by atoms with Crippen LogP contribution in [0.15, 0.2) is 85.2 Å². The number of nitrogens with one attached hydrogen (secondary N) is 2. The number of carbonyl (C=O) groups is 1. The average molecular weight is 405 g/mol. The third-order valence-corrected chi connectivity index (χ3v) is 4.71. The lowest BCUT2D eigenvalue weighted by atomic mass is 10.0. The molecule has 1 heterocycles. The summed E-state index contributed by atoms with van der Waals surface area (Å²) in [5.41, 5.74) is 3.01. The van der Waals surface area contributed by atoms with Crippen LogP contribution in [0.5, 0.6) is 0 Å². The first-order valence-corrected chi connectivity index (χ1v) is 9.99.